The predicted molar refractivity (Wildman–Crippen MR) is 164 cm³/mol. The average molecular weight is 598 g/mol. The fourth-order valence-corrected chi connectivity index (χ4v) is 7.15. The van der Waals surface area contributed by atoms with Crippen molar-refractivity contribution >= 4 is 34.5 Å². The molecule has 230 valence electrons. The molecule has 2 fully saturated rings. The number of amides is 3. The molecule has 1 aromatic heterocycles. The predicted octanol–water partition coefficient (Wildman–Crippen LogP) is 5.16. The maximum absolute atomic E-state index is 14.5. The van der Waals surface area contributed by atoms with E-state index in [1.54, 1.807) is 33.8 Å². The summed E-state index contributed by atoms with van der Waals surface area (Å²) in [5.41, 5.74) is 0.451. The molecule has 3 heterocycles. The maximum Gasteiger partial charge on any atom is 0.318 e. The van der Waals surface area contributed by atoms with Gasteiger partial charge in [0, 0.05) is 38.3 Å². The second-order valence-electron chi connectivity index (χ2n) is 11.9. The number of benzene rings is 2. The van der Waals surface area contributed by atoms with Crippen LogP contribution in [-0.2, 0) is 25.7 Å². The molecule has 0 bridgehead atoms. The zero-order chi connectivity index (χ0) is 30.7. The number of carbonyl (C=O) groups excluding carboxylic acids is 4. The van der Waals surface area contributed by atoms with Crippen molar-refractivity contribution in [1.82, 2.24) is 14.7 Å². The maximum atomic E-state index is 14.5. The Kier molecular flexibility index (Phi) is 8.55. The number of rotatable bonds is 7. The molecular formula is C35H39N3O6. The highest BCUT2D eigenvalue weighted by Crippen LogP contribution is 2.53. The van der Waals surface area contributed by atoms with Crippen molar-refractivity contribution in [2.24, 2.45) is 11.3 Å². The molecule has 3 aromatic rings. The van der Waals surface area contributed by atoms with E-state index in [2.05, 4.69) is 0 Å². The van der Waals surface area contributed by atoms with Crippen LogP contribution in [0.3, 0.4) is 0 Å². The van der Waals surface area contributed by atoms with E-state index in [0.717, 1.165) is 42.0 Å². The van der Waals surface area contributed by atoms with Crippen LogP contribution in [0.4, 0.5) is 0 Å². The summed E-state index contributed by atoms with van der Waals surface area (Å²) in [6.07, 6.45) is 7.31. The monoisotopic (exact) mass is 597 g/mol. The van der Waals surface area contributed by atoms with E-state index in [-0.39, 0.29) is 36.5 Å². The summed E-state index contributed by atoms with van der Waals surface area (Å²) in [5.74, 6) is -1.62. The lowest BCUT2D eigenvalue weighted by Gasteiger charge is -2.37. The van der Waals surface area contributed by atoms with E-state index in [9.17, 15) is 19.2 Å². The standard InChI is InChI=1S/C35H39N3O6/c1-2-43-34(42)35-17-8-4-3-5-16-30(35)38(24-26-13-9-12-25-11-6-7-14-27(25)26)32(40)28(35)23-31(39)36-18-20-37(21-19-36)33(41)29-15-10-22-44-29/h6-7,9-16,22,28H,2-5,8,17-21,23-24H2,1H3/b30-16+/t28-,35-/m1/s1. The van der Waals surface area contributed by atoms with E-state index in [1.807, 2.05) is 48.5 Å². The lowest BCUT2D eigenvalue weighted by atomic mass is 9.69. The van der Waals surface area contributed by atoms with Crippen molar-refractivity contribution in [3.63, 3.8) is 0 Å². The Bertz CT molecular complexity index is 1570. The zero-order valence-corrected chi connectivity index (χ0v) is 25.2. The first-order valence-corrected chi connectivity index (χ1v) is 15.7. The molecule has 6 rings (SSSR count). The van der Waals surface area contributed by atoms with E-state index < -0.39 is 17.3 Å². The molecule has 0 N–H and O–H groups in total. The van der Waals surface area contributed by atoms with Gasteiger partial charge < -0.3 is 23.9 Å². The van der Waals surface area contributed by atoms with Gasteiger partial charge in [0.2, 0.25) is 11.8 Å². The molecule has 0 saturated carbocycles. The number of esters is 1. The molecule has 0 spiro atoms. The third kappa shape index (κ3) is 5.40. The molecule has 9 heteroatoms. The summed E-state index contributed by atoms with van der Waals surface area (Å²) >= 11 is 0. The fraction of sp³-hybridized carbons (Fsp3) is 0.429. The van der Waals surface area contributed by atoms with Gasteiger partial charge in [-0.25, -0.2) is 0 Å². The van der Waals surface area contributed by atoms with Gasteiger partial charge in [-0.1, -0.05) is 61.4 Å². The summed E-state index contributed by atoms with van der Waals surface area (Å²) in [6.45, 7) is 3.71. The molecule has 2 saturated heterocycles. The number of hydrogen-bond acceptors (Lipinski definition) is 6. The van der Waals surface area contributed by atoms with Crippen molar-refractivity contribution in [3.05, 3.63) is 84.0 Å². The summed E-state index contributed by atoms with van der Waals surface area (Å²) in [4.78, 5) is 60.2. The highest BCUT2D eigenvalue weighted by Gasteiger charge is 2.61. The van der Waals surface area contributed by atoms with Gasteiger partial charge in [0.25, 0.3) is 5.91 Å². The number of carbonyl (C=O) groups is 4. The molecular weight excluding hydrogens is 558 g/mol. The fourth-order valence-electron chi connectivity index (χ4n) is 7.15. The zero-order valence-electron chi connectivity index (χ0n) is 25.2. The Labute approximate surface area is 257 Å². The quantitative estimate of drug-likeness (QED) is 0.349. The molecule has 2 atom stereocenters. The van der Waals surface area contributed by atoms with Gasteiger partial charge in [-0.2, -0.15) is 0 Å². The summed E-state index contributed by atoms with van der Waals surface area (Å²) in [6, 6.07) is 17.4. The van der Waals surface area contributed by atoms with E-state index in [4.69, 9.17) is 9.15 Å². The molecule has 2 aliphatic heterocycles. The number of furan rings is 1. The first-order valence-electron chi connectivity index (χ1n) is 15.7. The highest BCUT2D eigenvalue weighted by molar-refractivity contribution is 5.99. The lowest BCUT2D eigenvalue weighted by Crippen LogP contribution is -2.51. The van der Waals surface area contributed by atoms with Crippen LogP contribution in [0.2, 0.25) is 0 Å². The molecule has 2 aromatic carbocycles. The lowest BCUT2D eigenvalue weighted by molar-refractivity contribution is -0.158. The Morgan fingerprint density at radius 1 is 0.932 bits per heavy atom. The van der Waals surface area contributed by atoms with Gasteiger partial charge in [-0.15, -0.1) is 0 Å². The van der Waals surface area contributed by atoms with Crippen LogP contribution in [0.25, 0.3) is 10.8 Å². The summed E-state index contributed by atoms with van der Waals surface area (Å²) < 4.78 is 11.0. The van der Waals surface area contributed by atoms with Gasteiger partial charge in [-0.05, 0) is 54.7 Å². The van der Waals surface area contributed by atoms with Crippen LogP contribution in [0.5, 0.6) is 0 Å². The topological polar surface area (TPSA) is 100 Å². The van der Waals surface area contributed by atoms with Crippen molar-refractivity contribution in [2.75, 3.05) is 32.8 Å². The molecule has 3 aliphatic rings. The minimum atomic E-state index is -1.22. The molecule has 9 nitrogen and oxygen atoms in total. The number of nitrogens with zero attached hydrogens (tertiary/aromatic N) is 3. The number of fused-ring (bicyclic) bond motifs is 2. The SMILES string of the molecule is CCOC(=O)[C@@]12CCCCC/C=C\1N(Cc1cccc3ccccc13)C(=O)[C@H]2CC(=O)N1CCN(C(=O)c2ccco2)CC1. The van der Waals surface area contributed by atoms with E-state index in [1.165, 1.54) is 6.26 Å². The second kappa shape index (κ2) is 12.7. The van der Waals surface area contributed by atoms with Crippen molar-refractivity contribution < 1.29 is 28.3 Å². The van der Waals surface area contributed by atoms with Crippen LogP contribution in [0.15, 0.2) is 77.1 Å². The van der Waals surface area contributed by atoms with Gasteiger partial charge in [0.05, 0.1) is 25.3 Å². The van der Waals surface area contributed by atoms with Gasteiger partial charge in [-0.3, -0.25) is 19.2 Å². The Balaban J connectivity index is 1.29. The third-order valence-electron chi connectivity index (χ3n) is 9.40. The number of allylic oxidation sites excluding steroid dienone is 1. The Morgan fingerprint density at radius 2 is 1.70 bits per heavy atom. The van der Waals surface area contributed by atoms with Crippen LogP contribution in [0, 0.1) is 11.3 Å². The minimum Gasteiger partial charge on any atom is -0.465 e. The highest BCUT2D eigenvalue weighted by atomic mass is 16.5. The van der Waals surface area contributed by atoms with E-state index in [0.29, 0.717) is 44.8 Å². The number of likely N-dealkylation sites (tertiary alicyclic amines) is 1. The van der Waals surface area contributed by atoms with E-state index >= 15 is 0 Å². The van der Waals surface area contributed by atoms with Crippen LogP contribution >= 0.6 is 0 Å². The smallest absolute Gasteiger partial charge is 0.318 e. The summed E-state index contributed by atoms with van der Waals surface area (Å²) in [7, 11) is 0. The first kappa shape index (κ1) is 29.7. The largest absolute Gasteiger partial charge is 0.465 e. The van der Waals surface area contributed by atoms with Crippen LogP contribution < -0.4 is 0 Å². The van der Waals surface area contributed by atoms with Crippen LogP contribution in [0.1, 0.15) is 61.6 Å². The molecule has 44 heavy (non-hydrogen) atoms. The molecule has 1 aliphatic carbocycles. The first-order chi connectivity index (χ1) is 21.4. The molecule has 0 unspecified atom stereocenters. The van der Waals surface area contributed by atoms with Crippen molar-refractivity contribution in [3.8, 4) is 0 Å². The normalized spacial score (nSPS) is 23.5. The van der Waals surface area contributed by atoms with Crippen molar-refractivity contribution in [1.29, 1.82) is 0 Å². The summed E-state index contributed by atoms with van der Waals surface area (Å²) in [5, 5.41) is 2.13. The second-order valence-corrected chi connectivity index (χ2v) is 11.9. The molecule has 3 amide bonds. The van der Waals surface area contributed by atoms with Crippen molar-refractivity contribution in [2.45, 2.75) is 52.0 Å². The van der Waals surface area contributed by atoms with Crippen LogP contribution in [-0.4, -0.2) is 71.2 Å². The Hall–Kier alpha value is -4.40. The van der Waals surface area contributed by atoms with Gasteiger partial charge in [0.15, 0.2) is 5.76 Å². The minimum absolute atomic E-state index is 0.0901. The average Bonchev–Trinajstić information content (AvgIpc) is 3.64. The van der Waals surface area contributed by atoms with Gasteiger partial charge >= 0.3 is 5.97 Å². The number of piperazine rings is 1. The number of hydrogen-bond donors (Lipinski definition) is 0. The molecule has 0 radical (unpaired) electrons. The number of ether oxygens (including phenoxy) is 1. The third-order valence-corrected chi connectivity index (χ3v) is 9.40. The Morgan fingerprint density at radius 3 is 2.48 bits per heavy atom. The van der Waals surface area contributed by atoms with Gasteiger partial charge in [0.1, 0.15) is 5.41 Å².